The number of hydrogen-bond donors (Lipinski definition) is 2. The molecule has 8 heteroatoms. The molecule has 8 nitrogen and oxygen atoms in total. The Morgan fingerprint density at radius 1 is 1.25 bits per heavy atom. The van der Waals surface area contributed by atoms with Crippen LogP contribution >= 0.6 is 0 Å². The Labute approximate surface area is 135 Å². The molecule has 0 aliphatic carbocycles. The number of rotatable bonds is 3. The van der Waals surface area contributed by atoms with E-state index in [1.54, 1.807) is 24.7 Å². The Balaban J connectivity index is 1.94. The number of nitrogens with one attached hydrogen (secondary N) is 1. The minimum atomic E-state index is -1.10. The van der Waals surface area contributed by atoms with Gasteiger partial charge in [-0.25, -0.2) is 14.3 Å². The highest BCUT2D eigenvalue weighted by atomic mass is 16.4. The van der Waals surface area contributed by atoms with Gasteiger partial charge in [-0.2, -0.15) is 5.10 Å². The predicted octanol–water partition coefficient (Wildman–Crippen LogP) is 2.42. The van der Waals surface area contributed by atoms with E-state index in [4.69, 9.17) is 5.11 Å². The molecule has 0 unspecified atom stereocenters. The van der Waals surface area contributed by atoms with E-state index < -0.39 is 5.97 Å². The van der Waals surface area contributed by atoms with Gasteiger partial charge < -0.3 is 10.4 Å². The van der Waals surface area contributed by atoms with E-state index in [-0.39, 0.29) is 5.69 Å². The van der Waals surface area contributed by atoms with Crippen LogP contribution in [0.3, 0.4) is 0 Å². The van der Waals surface area contributed by atoms with Crippen molar-refractivity contribution in [2.75, 3.05) is 5.32 Å². The molecule has 2 N–H and O–H groups in total. The second-order valence-electron chi connectivity index (χ2n) is 5.27. The van der Waals surface area contributed by atoms with Gasteiger partial charge in [-0.1, -0.05) is 0 Å². The maximum Gasteiger partial charge on any atom is 0.356 e. The van der Waals surface area contributed by atoms with Gasteiger partial charge in [-0.05, 0) is 25.1 Å². The smallest absolute Gasteiger partial charge is 0.356 e. The van der Waals surface area contributed by atoms with Crippen LogP contribution in [0, 0.1) is 6.92 Å². The van der Waals surface area contributed by atoms with Gasteiger partial charge in [0.1, 0.15) is 5.82 Å². The number of aromatic carboxylic acids is 1. The lowest BCUT2D eigenvalue weighted by Gasteiger charge is -2.10. The van der Waals surface area contributed by atoms with Crippen LogP contribution in [0.15, 0.2) is 42.9 Å². The molecular weight excluding hydrogens is 308 g/mol. The summed E-state index contributed by atoms with van der Waals surface area (Å²) in [6.45, 7) is 1.90. The zero-order valence-electron chi connectivity index (χ0n) is 12.6. The summed E-state index contributed by atoms with van der Waals surface area (Å²) in [4.78, 5) is 24.0. The molecule has 0 atom stereocenters. The van der Waals surface area contributed by atoms with Gasteiger partial charge >= 0.3 is 5.97 Å². The average Bonchev–Trinajstić information content (AvgIpc) is 3.00. The van der Waals surface area contributed by atoms with E-state index in [0.29, 0.717) is 17.0 Å². The molecule has 0 fully saturated rings. The van der Waals surface area contributed by atoms with Crippen LogP contribution in [0.1, 0.15) is 16.2 Å². The van der Waals surface area contributed by atoms with E-state index in [0.717, 1.165) is 16.8 Å². The Bertz CT molecular complexity index is 1090. The van der Waals surface area contributed by atoms with Crippen LogP contribution in [-0.4, -0.2) is 35.6 Å². The fourth-order valence-electron chi connectivity index (χ4n) is 2.52. The Kier molecular flexibility index (Phi) is 3.09. The van der Waals surface area contributed by atoms with Crippen LogP contribution in [0.2, 0.25) is 0 Å². The second-order valence-corrected chi connectivity index (χ2v) is 5.27. The summed E-state index contributed by atoms with van der Waals surface area (Å²) >= 11 is 0. The van der Waals surface area contributed by atoms with Crippen molar-refractivity contribution < 1.29 is 9.90 Å². The van der Waals surface area contributed by atoms with Crippen molar-refractivity contribution in [1.29, 1.82) is 0 Å². The number of aryl methyl sites for hydroxylation is 1. The first-order valence-corrected chi connectivity index (χ1v) is 7.18. The van der Waals surface area contributed by atoms with E-state index in [1.807, 2.05) is 19.1 Å². The maximum absolute atomic E-state index is 11.2. The molecule has 0 radical (unpaired) electrons. The van der Waals surface area contributed by atoms with Crippen molar-refractivity contribution in [2.45, 2.75) is 6.92 Å². The van der Waals surface area contributed by atoms with Gasteiger partial charge in [0.15, 0.2) is 11.3 Å². The molecule has 0 aromatic carbocycles. The molecule has 0 saturated heterocycles. The van der Waals surface area contributed by atoms with Crippen LogP contribution < -0.4 is 5.32 Å². The van der Waals surface area contributed by atoms with Crippen molar-refractivity contribution in [3.63, 3.8) is 0 Å². The third-order valence-corrected chi connectivity index (χ3v) is 3.58. The normalized spacial score (nSPS) is 11.0. The largest absolute Gasteiger partial charge is 0.476 e. The molecule has 0 aliphatic heterocycles. The Morgan fingerprint density at radius 3 is 2.92 bits per heavy atom. The van der Waals surface area contributed by atoms with Crippen LogP contribution in [-0.2, 0) is 0 Å². The standard InChI is InChI=1S/C16H12N6O2/c1-9-6-10(2-5-18-9)19-15-11-3-4-17-8-13(11)22-14(20-15)7-12(21-22)16(23)24/h2-8H,1H3,(H,23,24)(H,18,19,20). The second kappa shape index (κ2) is 5.27. The topological polar surface area (TPSA) is 105 Å². The number of fused-ring (bicyclic) bond motifs is 3. The Hall–Kier alpha value is -3.55. The SMILES string of the molecule is Cc1cc(Nc2nc3cc(C(=O)O)nn3c3cnccc23)ccn1. The molecule has 4 aromatic rings. The number of carbonyl (C=O) groups is 1. The number of aromatic nitrogens is 5. The first kappa shape index (κ1) is 14.1. The lowest BCUT2D eigenvalue weighted by molar-refractivity contribution is 0.0690. The zero-order valence-corrected chi connectivity index (χ0v) is 12.6. The summed E-state index contributed by atoms with van der Waals surface area (Å²) in [5.74, 6) is -0.501. The molecule has 4 rings (SSSR count). The summed E-state index contributed by atoms with van der Waals surface area (Å²) in [5.41, 5.74) is 2.76. The van der Waals surface area contributed by atoms with E-state index in [9.17, 15) is 4.79 Å². The third-order valence-electron chi connectivity index (χ3n) is 3.58. The van der Waals surface area contributed by atoms with E-state index in [2.05, 4.69) is 25.4 Å². The van der Waals surface area contributed by atoms with E-state index in [1.165, 1.54) is 10.6 Å². The maximum atomic E-state index is 11.2. The minimum Gasteiger partial charge on any atom is -0.476 e. The van der Waals surface area contributed by atoms with Crippen molar-refractivity contribution in [3.05, 3.63) is 54.2 Å². The fourth-order valence-corrected chi connectivity index (χ4v) is 2.52. The summed E-state index contributed by atoms with van der Waals surface area (Å²) < 4.78 is 1.48. The quantitative estimate of drug-likeness (QED) is 0.597. The van der Waals surface area contributed by atoms with Crippen LogP contribution in [0.25, 0.3) is 16.6 Å². The monoisotopic (exact) mass is 320 g/mol. The van der Waals surface area contributed by atoms with Gasteiger partial charge in [0, 0.05) is 35.2 Å². The number of pyridine rings is 2. The number of nitrogens with zero attached hydrogens (tertiary/aromatic N) is 5. The molecular formula is C16H12N6O2. The molecule has 0 amide bonds. The number of hydrogen-bond acceptors (Lipinski definition) is 6. The fraction of sp³-hybridized carbons (Fsp3) is 0.0625. The first-order chi connectivity index (χ1) is 11.6. The summed E-state index contributed by atoms with van der Waals surface area (Å²) in [5, 5.41) is 17.3. The van der Waals surface area contributed by atoms with Gasteiger partial charge in [-0.15, -0.1) is 0 Å². The van der Waals surface area contributed by atoms with E-state index >= 15 is 0 Å². The molecule has 4 heterocycles. The molecule has 24 heavy (non-hydrogen) atoms. The molecule has 118 valence electrons. The summed E-state index contributed by atoms with van der Waals surface area (Å²) in [6.07, 6.45) is 4.99. The van der Waals surface area contributed by atoms with Crippen LogP contribution in [0.5, 0.6) is 0 Å². The number of carboxylic acids is 1. The number of carboxylic acid groups (broad SMARTS) is 1. The first-order valence-electron chi connectivity index (χ1n) is 7.18. The van der Waals surface area contributed by atoms with Gasteiger partial charge in [0.05, 0.1) is 11.7 Å². The van der Waals surface area contributed by atoms with Crippen molar-refractivity contribution in [2.24, 2.45) is 0 Å². The average molecular weight is 320 g/mol. The summed E-state index contributed by atoms with van der Waals surface area (Å²) in [6, 6.07) is 6.97. The van der Waals surface area contributed by atoms with Gasteiger partial charge in [0.2, 0.25) is 0 Å². The minimum absolute atomic E-state index is 0.0652. The highest BCUT2D eigenvalue weighted by molar-refractivity contribution is 5.94. The molecule has 0 aliphatic rings. The molecule has 0 saturated carbocycles. The molecule has 4 aromatic heterocycles. The highest BCUT2D eigenvalue weighted by Gasteiger charge is 2.14. The lowest BCUT2D eigenvalue weighted by atomic mass is 10.2. The number of anilines is 2. The highest BCUT2D eigenvalue weighted by Crippen LogP contribution is 2.25. The third kappa shape index (κ3) is 2.30. The summed E-state index contributed by atoms with van der Waals surface area (Å²) in [7, 11) is 0. The van der Waals surface area contributed by atoms with Gasteiger partial charge in [0.25, 0.3) is 0 Å². The zero-order chi connectivity index (χ0) is 16.7. The van der Waals surface area contributed by atoms with Gasteiger partial charge in [-0.3, -0.25) is 9.97 Å². The Morgan fingerprint density at radius 2 is 2.12 bits per heavy atom. The van der Waals surface area contributed by atoms with Crippen molar-refractivity contribution in [1.82, 2.24) is 24.6 Å². The van der Waals surface area contributed by atoms with Crippen molar-refractivity contribution >= 4 is 34.0 Å². The lowest BCUT2D eigenvalue weighted by Crippen LogP contribution is -2.02. The van der Waals surface area contributed by atoms with Crippen LogP contribution in [0.4, 0.5) is 11.5 Å². The predicted molar refractivity (Wildman–Crippen MR) is 87.5 cm³/mol. The molecule has 0 bridgehead atoms. The molecule has 0 spiro atoms. The van der Waals surface area contributed by atoms with Crippen molar-refractivity contribution in [3.8, 4) is 0 Å².